The minimum Gasteiger partial charge on any atom is -0.420 e. The van der Waals surface area contributed by atoms with E-state index in [1.54, 1.807) is 12.1 Å². The first-order chi connectivity index (χ1) is 14.0. The number of piperidine rings is 1. The molecule has 10 heteroatoms. The normalized spacial score (nSPS) is 21.3. The molecule has 0 radical (unpaired) electrons. The Morgan fingerprint density at radius 2 is 1.77 bits per heavy atom. The molecule has 1 atom stereocenters. The molecule has 0 spiro atoms. The van der Waals surface area contributed by atoms with Crippen LogP contribution in [-0.4, -0.2) is 51.0 Å². The van der Waals surface area contributed by atoms with Gasteiger partial charge >= 0.3 is 6.18 Å². The number of alkyl halides is 3. The molecule has 1 aliphatic carbocycles. The van der Waals surface area contributed by atoms with Crippen LogP contribution in [0.4, 0.5) is 17.6 Å². The molecule has 1 saturated carbocycles. The van der Waals surface area contributed by atoms with Crippen molar-refractivity contribution in [1.82, 2.24) is 15.1 Å². The molecule has 6 nitrogen and oxygen atoms in total. The van der Waals surface area contributed by atoms with Crippen LogP contribution in [0.2, 0.25) is 0 Å². The molecule has 1 unspecified atom stereocenters. The Kier molecular flexibility index (Phi) is 4.87. The maximum Gasteiger partial charge on any atom is 0.426 e. The summed E-state index contributed by atoms with van der Waals surface area (Å²) in [6, 6.07) is 5.69. The van der Waals surface area contributed by atoms with Gasteiger partial charge in [-0.15, -0.1) is 10.2 Å². The van der Waals surface area contributed by atoms with Gasteiger partial charge in [-0.3, -0.25) is 4.79 Å². The minimum absolute atomic E-state index is 0.0823. The molecule has 1 N–H and O–H groups in total. The molecular formula is C20H21F4N3O3. The lowest BCUT2D eigenvalue weighted by Gasteiger charge is -2.38. The lowest BCUT2D eigenvalue weighted by molar-refractivity contribution is -0.250. The van der Waals surface area contributed by atoms with Gasteiger partial charge in [0.1, 0.15) is 5.82 Å². The molecule has 1 aromatic heterocycles. The van der Waals surface area contributed by atoms with E-state index >= 15 is 0 Å². The van der Waals surface area contributed by atoms with Crippen LogP contribution in [0.15, 0.2) is 28.7 Å². The van der Waals surface area contributed by atoms with Gasteiger partial charge in [0.05, 0.1) is 5.41 Å². The summed E-state index contributed by atoms with van der Waals surface area (Å²) in [5.74, 6) is -0.865. The van der Waals surface area contributed by atoms with Gasteiger partial charge in [0.25, 0.3) is 5.91 Å². The zero-order valence-corrected chi connectivity index (χ0v) is 16.2. The molecule has 0 bridgehead atoms. The van der Waals surface area contributed by atoms with Crippen LogP contribution in [0.5, 0.6) is 0 Å². The highest BCUT2D eigenvalue weighted by Crippen LogP contribution is 2.56. The van der Waals surface area contributed by atoms with Crippen molar-refractivity contribution >= 4 is 5.91 Å². The summed E-state index contributed by atoms with van der Waals surface area (Å²) in [6.45, 7) is 0.728. The third-order valence-electron chi connectivity index (χ3n) is 6.26. The quantitative estimate of drug-likeness (QED) is 0.756. The Bertz CT molecular complexity index is 928. The predicted molar refractivity (Wildman–Crippen MR) is 96.6 cm³/mol. The highest BCUT2D eigenvalue weighted by molar-refractivity contribution is 5.85. The standard InChI is InChI=1S/C20H21F4N3O3/c1-18(29,20(22,23)24)17(28)27-10-6-13(7-11-27)19(8-9-19)16-26-25-15(30-16)12-2-4-14(21)5-3-12/h2-5,13,29H,6-11H2,1H3. The molecular weight excluding hydrogens is 406 g/mol. The van der Waals surface area contributed by atoms with Crippen molar-refractivity contribution in [1.29, 1.82) is 0 Å². The summed E-state index contributed by atoms with van der Waals surface area (Å²) >= 11 is 0. The largest absolute Gasteiger partial charge is 0.426 e. The molecule has 2 aromatic rings. The molecule has 1 aliphatic heterocycles. The number of carbonyl (C=O) groups is 1. The summed E-state index contributed by atoms with van der Waals surface area (Å²) in [5, 5.41) is 17.9. The first-order valence-corrected chi connectivity index (χ1v) is 9.73. The van der Waals surface area contributed by atoms with Crippen LogP contribution >= 0.6 is 0 Å². The Labute approximate surface area is 169 Å². The van der Waals surface area contributed by atoms with Crippen LogP contribution in [0.3, 0.4) is 0 Å². The smallest absolute Gasteiger partial charge is 0.420 e. The predicted octanol–water partition coefficient (Wildman–Crippen LogP) is 3.46. The van der Waals surface area contributed by atoms with Crippen molar-refractivity contribution < 1.29 is 31.9 Å². The lowest BCUT2D eigenvalue weighted by Crippen LogP contribution is -2.57. The van der Waals surface area contributed by atoms with E-state index in [2.05, 4.69) is 10.2 Å². The molecule has 4 rings (SSSR count). The maximum absolute atomic E-state index is 13.1. The number of aliphatic hydroxyl groups is 1. The van der Waals surface area contributed by atoms with Crippen LogP contribution < -0.4 is 0 Å². The number of benzene rings is 1. The van der Waals surface area contributed by atoms with Crippen molar-refractivity contribution in [3.8, 4) is 11.5 Å². The number of hydrogen-bond acceptors (Lipinski definition) is 5. The number of rotatable bonds is 4. The van der Waals surface area contributed by atoms with Crippen molar-refractivity contribution in [3.05, 3.63) is 36.0 Å². The highest BCUT2D eigenvalue weighted by atomic mass is 19.4. The van der Waals surface area contributed by atoms with Gasteiger partial charge < -0.3 is 14.4 Å². The van der Waals surface area contributed by atoms with Crippen LogP contribution in [-0.2, 0) is 10.2 Å². The molecule has 1 amide bonds. The molecule has 2 heterocycles. The monoisotopic (exact) mass is 427 g/mol. The number of halogens is 4. The zero-order chi connectivity index (χ0) is 21.7. The van der Waals surface area contributed by atoms with E-state index in [0.29, 0.717) is 31.2 Å². The Morgan fingerprint density at radius 3 is 2.30 bits per heavy atom. The molecule has 2 fully saturated rings. The van der Waals surface area contributed by atoms with Crippen molar-refractivity contribution in [2.75, 3.05) is 13.1 Å². The van der Waals surface area contributed by atoms with Crippen LogP contribution in [0.1, 0.15) is 38.5 Å². The number of amides is 1. The minimum atomic E-state index is -5.03. The van der Waals surface area contributed by atoms with Crippen molar-refractivity contribution in [3.63, 3.8) is 0 Å². The Morgan fingerprint density at radius 1 is 1.17 bits per heavy atom. The lowest BCUT2D eigenvalue weighted by atomic mass is 9.81. The summed E-state index contributed by atoms with van der Waals surface area (Å²) in [4.78, 5) is 13.2. The van der Waals surface area contributed by atoms with Gasteiger partial charge in [-0.25, -0.2) is 4.39 Å². The molecule has 2 aliphatic rings. The molecule has 162 valence electrons. The van der Waals surface area contributed by atoms with E-state index in [4.69, 9.17) is 4.42 Å². The number of hydrogen-bond donors (Lipinski definition) is 1. The Hall–Kier alpha value is -2.49. The van der Waals surface area contributed by atoms with Crippen LogP contribution in [0.25, 0.3) is 11.5 Å². The van der Waals surface area contributed by atoms with Gasteiger partial charge in [-0.1, -0.05) is 0 Å². The second-order valence-electron chi connectivity index (χ2n) is 8.21. The SMILES string of the molecule is CC(O)(C(=O)N1CCC(C2(c3nnc(-c4ccc(F)cc4)o3)CC2)CC1)C(F)(F)F. The third-order valence-corrected chi connectivity index (χ3v) is 6.26. The highest BCUT2D eigenvalue weighted by Gasteiger charge is 2.59. The van der Waals surface area contributed by atoms with E-state index < -0.39 is 17.7 Å². The fourth-order valence-corrected chi connectivity index (χ4v) is 4.13. The number of aromatic nitrogens is 2. The topological polar surface area (TPSA) is 79.5 Å². The number of carbonyl (C=O) groups excluding carboxylic acids is 1. The Balaban J connectivity index is 1.44. The molecule has 1 aromatic carbocycles. The fourth-order valence-electron chi connectivity index (χ4n) is 4.13. The third kappa shape index (κ3) is 3.46. The van der Waals surface area contributed by atoms with Gasteiger partial charge in [-0.2, -0.15) is 13.2 Å². The van der Waals surface area contributed by atoms with Gasteiger partial charge in [0.15, 0.2) is 0 Å². The maximum atomic E-state index is 13.1. The van der Waals surface area contributed by atoms with E-state index in [1.165, 1.54) is 12.1 Å². The van der Waals surface area contributed by atoms with E-state index in [-0.39, 0.29) is 36.1 Å². The zero-order valence-electron chi connectivity index (χ0n) is 16.2. The number of likely N-dealkylation sites (tertiary alicyclic amines) is 1. The second-order valence-corrected chi connectivity index (χ2v) is 8.21. The second kappa shape index (κ2) is 7.04. The summed E-state index contributed by atoms with van der Waals surface area (Å²) in [6.07, 6.45) is -2.44. The first kappa shape index (κ1) is 20.8. The average Bonchev–Trinajstić information content (AvgIpc) is 3.37. The van der Waals surface area contributed by atoms with Gasteiger partial charge in [0.2, 0.25) is 17.4 Å². The summed E-state index contributed by atoms with van der Waals surface area (Å²) in [7, 11) is 0. The molecule has 30 heavy (non-hydrogen) atoms. The summed E-state index contributed by atoms with van der Waals surface area (Å²) < 4.78 is 57.8. The van der Waals surface area contributed by atoms with Crippen molar-refractivity contribution in [2.24, 2.45) is 5.92 Å². The average molecular weight is 427 g/mol. The number of nitrogens with zero attached hydrogens (tertiary/aromatic N) is 3. The van der Waals surface area contributed by atoms with Gasteiger partial charge in [-0.05, 0) is 62.8 Å². The van der Waals surface area contributed by atoms with Gasteiger partial charge in [0, 0.05) is 18.7 Å². The van der Waals surface area contributed by atoms with E-state index in [0.717, 1.165) is 17.7 Å². The molecule has 1 saturated heterocycles. The summed E-state index contributed by atoms with van der Waals surface area (Å²) in [5.41, 5.74) is -3.14. The fraction of sp³-hybridized carbons (Fsp3) is 0.550. The van der Waals surface area contributed by atoms with E-state index in [1.807, 2.05) is 0 Å². The van der Waals surface area contributed by atoms with Crippen molar-refractivity contribution in [2.45, 2.75) is 49.8 Å². The van der Waals surface area contributed by atoms with E-state index in [9.17, 15) is 27.5 Å². The first-order valence-electron chi connectivity index (χ1n) is 9.73. The van der Waals surface area contributed by atoms with Crippen LogP contribution in [0, 0.1) is 11.7 Å².